The summed E-state index contributed by atoms with van der Waals surface area (Å²) in [7, 11) is 0. The Balaban J connectivity index is 1.19. The molecule has 2 aromatic heterocycles. The molecule has 192 valence electrons. The van der Waals surface area contributed by atoms with Gasteiger partial charge in [-0.2, -0.15) is 0 Å². The predicted octanol–water partition coefficient (Wildman–Crippen LogP) is 9.56. The second kappa shape index (κ2) is 9.17. The maximum atomic E-state index is 12.7. The van der Waals surface area contributed by atoms with Crippen LogP contribution in [0.5, 0.6) is 0 Å². The van der Waals surface area contributed by atoms with Crippen molar-refractivity contribution in [3.63, 3.8) is 0 Å². The van der Waals surface area contributed by atoms with E-state index in [2.05, 4.69) is 55.0 Å². The normalized spacial score (nSPS) is 19.0. The SMILES string of the molecule is CC1(C)CCCC(C)(C)C1c1ccc(N=Nc2nc3sc(C=C4C(=O)c5ccccc5C4=O)cc3s2)cc1. The number of thiazole rings is 1. The van der Waals surface area contributed by atoms with Gasteiger partial charge in [-0.25, -0.2) is 4.98 Å². The first kappa shape index (κ1) is 25.0. The standard InChI is InChI=1S/C31H29N3O2S2/c1-30(2)14-7-15-31(3,4)27(30)18-10-12-19(13-11-18)33-34-29-32-28-24(38-29)17-20(37-28)16-23-25(35)21-8-5-6-9-22(21)26(23)36/h5-6,8-13,16-17,27H,7,14-15H2,1-4H3. The third-order valence-electron chi connectivity index (χ3n) is 7.97. The molecule has 0 saturated heterocycles. The van der Waals surface area contributed by atoms with Crippen LogP contribution >= 0.6 is 22.7 Å². The molecule has 6 rings (SSSR count). The van der Waals surface area contributed by atoms with Crippen molar-refractivity contribution in [2.75, 3.05) is 0 Å². The van der Waals surface area contributed by atoms with Gasteiger partial charge < -0.3 is 0 Å². The third-order valence-corrected chi connectivity index (χ3v) is 9.96. The fourth-order valence-corrected chi connectivity index (χ4v) is 8.47. The van der Waals surface area contributed by atoms with Crippen LogP contribution in [0.2, 0.25) is 0 Å². The fraction of sp³-hybridized carbons (Fsp3) is 0.323. The topological polar surface area (TPSA) is 71.8 Å². The quantitative estimate of drug-likeness (QED) is 0.147. The number of nitrogens with zero attached hydrogens (tertiary/aromatic N) is 3. The lowest BCUT2D eigenvalue weighted by Gasteiger charge is -2.49. The lowest BCUT2D eigenvalue weighted by molar-refractivity contribution is 0.0727. The van der Waals surface area contributed by atoms with Crippen LogP contribution in [0.3, 0.4) is 0 Å². The van der Waals surface area contributed by atoms with Gasteiger partial charge in [0.05, 0.1) is 16.0 Å². The highest BCUT2D eigenvalue weighted by atomic mass is 32.1. The summed E-state index contributed by atoms with van der Waals surface area (Å²) in [6.07, 6.45) is 5.48. The molecular formula is C31H29N3O2S2. The molecule has 2 heterocycles. The first-order valence-electron chi connectivity index (χ1n) is 12.9. The number of carbonyl (C=O) groups excluding carboxylic acids is 2. The second-order valence-corrected chi connectivity index (χ2v) is 13.7. The molecule has 7 heteroatoms. The van der Waals surface area contributed by atoms with Crippen molar-refractivity contribution in [2.24, 2.45) is 21.1 Å². The molecule has 0 aliphatic heterocycles. The summed E-state index contributed by atoms with van der Waals surface area (Å²) in [5, 5.41) is 9.41. The average Bonchev–Trinajstić information content (AvgIpc) is 3.49. The Morgan fingerprint density at radius 3 is 2.11 bits per heavy atom. The molecule has 1 fully saturated rings. The summed E-state index contributed by atoms with van der Waals surface area (Å²) in [6, 6.07) is 17.4. The molecule has 0 radical (unpaired) electrons. The van der Waals surface area contributed by atoms with Gasteiger partial charge in [0.1, 0.15) is 4.83 Å². The number of carbonyl (C=O) groups is 2. The van der Waals surface area contributed by atoms with Crippen molar-refractivity contribution in [2.45, 2.75) is 52.9 Å². The van der Waals surface area contributed by atoms with E-state index in [4.69, 9.17) is 0 Å². The van der Waals surface area contributed by atoms with Crippen LogP contribution in [-0.2, 0) is 0 Å². The molecule has 5 nitrogen and oxygen atoms in total. The summed E-state index contributed by atoms with van der Waals surface area (Å²) in [6.45, 7) is 9.57. The zero-order valence-corrected chi connectivity index (χ0v) is 23.6. The molecule has 2 aromatic carbocycles. The molecule has 38 heavy (non-hydrogen) atoms. The summed E-state index contributed by atoms with van der Waals surface area (Å²) in [5.41, 5.74) is 3.88. The molecule has 2 aliphatic carbocycles. The molecule has 0 amide bonds. The Morgan fingerprint density at radius 2 is 1.50 bits per heavy atom. The minimum Gasteiger partial charge on any atom is -0.288 e. The van der Waals surface area contributed by atoms with Gasteiger partial charge in [-0.15, -0.1) is 21.6 Å². The minimum absolute atomic E-state index is 0.212. The Kier molecular flexibility index (Phi) is 6.04. The molecule has 0 bridgehead atoms. The first-order chi connectivity index (χ1) is 18.1. The summed E-state index contributed by atoms with van der Waals surface area (Å²) in [4.78, 5) is 31.6. The van der Waals surface area contributed by atoms with Crippen LogP contribution in [0.4, 0.5) is 10.8 Å². The van der Waals surface area contributed by atoms with E-state index in [0.717, 1.165) is 20.1 Å². The van der Waals surface area contributed by atoms with E-state index in [9.17, 15) is 9.59 Å². The van der Waals surface area contributed by atoms with Crippen LogP contribution in [0.25, 0.3) is 15.6 Å². The molecule has 0 atom stereocenters. The zero-order valence-electron chi connectivity index (χ0n) is 21.9. The molecule has 1 saturated carbocycles. The number of thiophene rings is 1. The van der Waals surface area contributed by atoms with Crippen molar-refractivity contribution in [1.82, 2.24) is 4.98 Å². The van der Waals surface area contributed by atoms with Gasteiger partial charge in [0, 0.05) is 16.0 Å². The van der Waals surface area contributed by atoms with E-state index < -0.39 is 0 Å². The number of hydrogen-bond donors (Lipinski definition) is 0. The summed E-state index contributed by atoms with van der Waals surface area (Å²) < 4.78 is 0.961. The smallest absolute Gasteiger partial charge is 0.231 e. The van der Waals surface area contributed by atoms with Crippen LogP contribution in [0.1, 0.15) is 84.0 Å². The Bertz CT molecular complexity index is 1550. The molecule has 0 unspecified atom stereocenters. The number of aromatic nitrogens is 1. The Morgan fingerprint density at radius 1 is 0.868 bits per heavy atom. The van der Waals surface area contributed by atoms with Crippen molar-refractivity contribution in [3.8, 4) is 0 Å². The highest BCUT2D eigenvalue weighted by Gasteiger charge is 2.44. The van der Waals surface area contributed by atoms with Gasteiger partial charge in [0.25, 0.3) is 0 Å². The second-order valence-electron chi connectivity index (χ2n) is 11.6. The maximum absolute atomic E-state index is 12.7. The lowest BCUT2D eigenvalue weighted by atomic mass is 9.55. The van der Waals surface area contributed by atoms with Gasteiger partial charge in [0.15, 0.2) is 11.6 Å². The highest BCUT2D eigenvalue weighted by molar-refractivity contribution is 7.29. The van der Waals surface area contributed by atoms with E-state index in [1.807, 2.05) is 18.2 Å². The predicted molar refractivity (Wildman–Crippen MR) is 155 cm³/mol. The number of Topliss-reactive ketones (excluding diaryl/α,β-unsaturated/α-hetero) is 2. The molecule has 4 aromatic rings. The Labute approximate surface area is 230 Å². The first-order valence-corrected chi connectivity index (χ1v) is 14.6. The Hall–Kier alpha value is -3.29. The number of hydrogen-bond acceptors (Lipinski definition) is 7. The maximum Gasteiger partial charge on any atom is 0.231 e. The number of benzene rings is 2. The minimum atomic E-state index is -0.216. The molecular weight excluding hydrogens is 510 g/mol. The number of allylic oxidation sites excluding steroid dienone is 1. The van der Waals surface area contributed by atoms with E-state index >= 15 is 0 Å². The van der Waals surface area contributed by atoms with E-state index in [-0.39, 0.29) is 28.0 Å². The largest absolute Gasteiger partial charge is 0.288 e. The average molecular weight is 540 g/mol. The van der Waals surface area contributed by atoms with Crippen LogP contribution < -0.4 is 0 Å². The molecule has 2 aliphatic rings. The summed E-state index contributed by atoms with van der Waals surface area (Å²) >= 11 is 2.89. The number of azo groups is 1. The van der Waals surface area contributed by atoms with E-state index in [1.54, 1.807) is 30.3 Å². The number of ketones is 2. The van der Waals surface area contributed by atoms with Gasteiger partial charge in [-0.3, -0.25) is 9.59 Å². The number of fused-ring (bicyclic) bond motifs is 2. The lowest BCUT2D eigenvalue weighted by Crippen LogP contribution is -2.38. The third kappa shape index (κ3) is 4.37. The van der Waals surface area contributed by atoms with Crippen LogP contribution in [0, 0.1) is 10.8 Å². The van der Waals surface area contributed by atoms with Crippen molar-refractivity contribution < 1.29 is 9.59 Å². The highest BCUT2D eigenvalue weighted by Crippen LogP contribution is 2.56. The van der Waals surface area contributed by atoms with E-state index in [1.165, 1.54) is 47.5 Å². The number of rotatable bonds is 4. The molecule has 0 spiro atoms. The van der Waals surface area contributed by atoms with Crippen molar-refractivity contribution in [1.29, 1.82) is 0 Å². The van der Waals surface area contributed by atoms with E-state index in [0.29, 0.717) is 22.2 Å². The van der Waals surface area contributed by atoms with Crippen molar-refractivity contribution in [3.05, 3.63) is 81.7 Å². The van der Waals surface area contributed by atoms with Crippen LogP contribution in [-0.4, -0.2) is 16.6 Å². The molecule has 0 N–H and O–H groups in total. The summed E-state index contributed by atoms with van der Waals surface area (Å²) in [5.74, 6) is 0.0755. The van der Waals surface area contributed by atoms with Crippen molar-refractivity contribution >= 4 is 60.7 Å². The van der Waals surface area contributed by atoms with Gasteiger partial charge in [0.2, 0.25) is 5.13 Å². The van der Waals surface area contributed by atoms with Gasteiger partial charge in [-0.05, 0) is 59.4 Å². The van der Waals surface area contributed by atoms with Gasteiger partial charge >= 0.3 is 0 Å². The zero-order chi connectivity index (χ0) is 26.7. The monoisotopic (exact) mass is 539 g/mol. The van der Waals surface area contributed by atoms with Gasteiger partial charge in [-0.1, -0.05) is 81.9 Å². The fourth-order valence-electron chi connectivity index (χ4n) is 6.48. The van der Waals surface area contributed by atoms with Crippen LogP contribution in [0.15, 0.2) is 70.4 Å².